The first-order valence-corrected chi connectivity index (χ1v) is 9.24. The fourth-order valence-corrected chi connectivity index (χ4v) is 3.50. The van der Waals surface area contributed by atoms with Gasteiger partial charge in [-0.2, -0.15) is 0 Å². The Bertz CT molecular complexity index is 827. The fraction of sp³-hybridized carbons (Fsp3) is 0.500. The van der Waals surface area contributed by atoms with Crippen molar-refractivity contribution in [2.45, 2.75) is 32.1 Å². The molecule has 3 rings (SSSR count). The number of carbonyl (C=O) groups is 2. The predicted molar refractivity (Wildman–Crippen MR) is 100 cm³/mol. The molecule has 2 aromatic rings. The van der Waals surface area contributed by atoms with Crippen molar-refractivity contribution in [3.63, 3.8) is 0 Å². The van der Waals surface area contributed by atoms with Crippen molar-refractivity contribution in [3.8, 4) is 5.75 Å². The number of benzene rings is 1. The maximum Gasteiger partial charge on any atom is 0.262 e. The second kappa shape index (κ2) is 9.27. The SMILES string of the molecule is COc1ccc2nc(NNC(=O)[C@@H](CC3CCCC3)CN(O)C=O)nnc2c1. The van der Waals surface area contributed by atoms with Crippen LogP contribution in [0.15, 0.2) is 18.2 Å². The summed E-state index contributed by atoms with van der Waals surface area (Å²) in [7, 11) is 1.56. The molecule has 28 heavy (non-hydrogen) atoms. The van der Waals surface area contributed by atoms with Crippen LogP contribution in [-0.4, -0.2) is 51.4 Å². The molecular weight excluding hydrogens is 364 g/mol. The van der Waals surface area contributed by atoms with Crippen LogP contribution in [0, 0.1) is 11.8 Å². The van der Waals surface area contributed by atoms with E-state index in [2.05, 4.69) is 26.0 Å². The van der Waals surface area contributed by atoms with E-state index in [0.29, 0.717) is 40.6 Å². The van der Waals surface area contributed by atoms with E-state index in [9.17, 15) is 14.8 Å². The molecule has 1 atom stereocenters. The molecule has 0 spiro atoms. The molecule has 0 unspecified atom stereocenters. The number of carbonyl (C=O) groups excluding carboxylic acids is 2. The van der Waals surface area contributed by atoms with E-state index in [0.717, 1.165) is 25.7 Å². The Labute approximate surface area is 162 Å². The largest absolute Gasteiger partial charge is 0.497 e. The zero-order chi connectivity index (χ0) is 19.9. The number of amides is 2. The van der Waals surface area contributed by atoms with Gasteiger partial charge in [0, 0.05) is 6.07 Å². The average Bonchev–Trinajstić information content (AvgIpc) is 3.23. The smallest absolute Gasteiger partial charge is 0.262 e. The lowest BCUT2D eigenvalue weighted by atomic mass is 9.92. The second-order valence-corrected chi connectivity index (χ2v) is 6.91. The highest BCUT2D eigenvalue weighted by Gasteiger charge is 2.27. The minimum atomic E-state index is -0.538. The van der Waals surface area contributed by atoms with E-state index in [4.69, 9.17) is 4.74 Å². The number of fused-ring (bicyclic) bond motifs is 1. The van der Waals surface area contributed by atoms with Gasteiger partial charge in [-0.1, -0.05) is 25.7 Å². The van der Waals surface area contributed by atoms with Gasteiger partial charge in [0.05, 0.1) is 25.1 Å². The van der Waals surface area contributed by atoms with Crippen LogP contribution in [0.1, 0.15) is 32.1 Å². The molecule has 1 saturated carbocycles. The monoisotopic (exact) mass is 388 g/mol. The number of hydroxylamine groups is 2. The molecule has 1 aliphatic carbocycles. The predicted octanol–water partition coefficient (Wildman–Crippen LogP) is 1.52. The molecule has 0 bridgehead atoms. The minimum Gasteiger partial charge on any atom is -0.497 e. The third kappa shape index (κ3) is 5.03. The number of aromatic nitrogens is 3. The summed E-state index contributed by atoms with van der Waals surface area (Å²) in [6, 6.07) is 5.21. The maximum absolute atomic E-state index is 12.6. The highest BCUT2D eigenvalue weighted by atomic mass is 16.5. The van der Waals surface area contributed by atoms with Gasteiger partial charge >= 0.3 is 0 Å². The Balaban J connectivity index is 1.63. The van der Waals surface area contributed by atoms with E-state index in [1.165, 1.54) is 0 Å². The molecule has 0 aliphatic heterocycles. The Morgan fingerprint density at radius 3 is 2.86 bits per heavy atom. The third-order valence-electron chi connectivity index (χ3n) is 4.95. The van der Waals surface area contributed by atoms with Crippen LogP contribution in [0.4, 0.5) is 5.95 Å². The number of ether oxygens (including phenoxy) is 1. The molecule has 1 heterocycles. The van der Waals surface area contributed by atoms with Crippen LogP contribution in [0.25, 0.3) is 11.0 Å². The number of nitrogens with one attached hydrogen (secondary N) is 2. The summed E-state index contributed by atoms with van der Waals surface area (Å²) < 4.78 is 5.14. The van der Waals surface area contributed by atoms with E-state index in [1.54, 1.807) is 25.3 Å². The van der Waals surface area contributed by atoms with Crippen LogP contribution >= 0.6 is 0 Å². The van der Waals surface area contributed by atoms with Crippen molar-refractivity contribution in [1.82, 2.24) is 25.7 Å². The molecule has 1 aromatic heterocycles. The number of rotatable bonds is 9. The number of anilines is 1. The fourth-order valence-electron chi connectivity index (χ4n) is 3.50. The molecular formula is C18H24N6O4. The van der Waals surface area contributed by atoms with Gasteiger partial charge in [-0.3, -0.25) is 25.6 Å². The molecule has 0 saturated heterocycles. The van der Waals surface area contributed by atoms with Crippen molar-refractivity contribution in [2.24, 2.45) is 11.8 Å². The Kier molecular flexibility index (Phi) is 6.53. The number of hydrogen-bond acceptors (Lipinski definition) is 8. The number of hydrogen-bond donors (Lipinski definition) is 3. The molecule has 1 aromatic carbocycles. The molecule has 10 heteroatoms. The van der Waals surface area contributed by atoms with Crippen LogP contribution < -0.4 is 15.6 Å². The lowest BCUT2D eigenvalue weighted by Gasteiger charge is -2.22. The first kappa shape index (κ1) is 19.7. The molecule has 10 nitrogen and oxygen atoms in total. The normalized spacial score (nSPS) is 15.2. The zero-order valence-corrected chi connectivity index (χ0v) is 15.7. The lowest BCUT2D eigenvalue weighted by molar-refractivity contribution is -0.154. The van der Waals surface area contributed by atoms with Gasteiger partial charge in [0.2, 0.25) is 12.3 Å². The average molecular weight is 388 g/mol. The second-order valence-electron chi connectivity index (χ2n) is 6.91. The minimum absolute atomic E-state index is 0.0653. The molecule has 3 N–H and O–H groups in total. The van der Waals surface area contributed by atoms with Crippen LogP contribution in [-0.2, 0) is 9.59 Å². The van der Waals surface area contributed by atoms with Gasteiger partial charge in [-0.25, -0.2) is 10.0 Å². The summed E-state index contributed by atoms with van der Waals surface area (Å²) in [6.07, 6.45) is 5.32. The summed E-state index contributed by atoms with van der Waals surface area (Å²) in [6.45, 7) is -0.0653. The van der Waals surface area contributed by atoms with E-state index in [-0.39, 0.29) is 18.4 Å². The molecule has 0 radical (unpaired) electrons. The van der Waals surface area contributed by atoms with Gasteiger partial charge in [0.25, 0.3) is 5.95 Å². The number of methoxy groups -OCH3 is 1. The van der Waals surface area contributed by atoms with Crippen molar-refractivity contribution in [3.05, 3.63) is 18.2 Å². The Morgan fingerprint density at radius 2 is 2.14 bits per heavy atom. The maximum atomic E-state index is 12.6. The quantitative estimate of drug-likeness (QED) is 0.335. The summed E-state index contributed by atoms with van der Waals surface area (Å²) in [5, 5.41) is 18.0. The van der Waals surface area contributed by atoms with E-state index in [1.807, 2.05) is 0 Å². The molecule has 150 valence electrons. The summed E-state index contributed by atoms with van der Waals surface area (Å²) in [5.41, 5.74) is 6.38. The lowest BCUT2D eigenvalue weighted by Crippen LogP contribution is -2.41. The summed E-state index contributed by atoms with van der Waals surface area (Å²) in [4.78, 5) is 27.6. The first-order valence-electron chi connectivity index (χ1n) is 9.24. The van der Waals surface area contributed by atoms with Crippen molar-refractivity contribution < 1.29 is 19.5 Å². The van der Waals surface area contributed by atoms with Crippen molar-refractivity contribution in [1.29, 1.82) is 0 Å². The van der Waals surface area contributed by atoms with Gasteiger partial charge in [-0.05, 0) is 24.5 Å². The highest BCUT2D eigenvalue weighted by Crippen LogP contribution is 2.30. The Morgan fingerprint density at radius 1 is 1.36 bits per heavy atom. The zero-order valence-electron chi connectivity index (χ0n) is 15.7. The summed E-state index contributed by atoms with van der Waals surface area (Å²) in [5.74, 6) is 0.331. The molecule has 2 amide bonds. The first-order chi connectivity index (χ1) is 13.6. The van der Waals surface area contributed by atoms with Crippen LogP contribution in [0.3, 0.4) is 0 Å². The highest BCUT2D eigenvalue weighted by molar-refractivity contribution is 5.80. The van der Waals surface area contributed by atoms with Crippen LogP contribution in [0.2, 0.25) is 0 Å². The van der Waals surface area contributed by atoms with Crippen molar-refractivity contribution >= 4 is 29.3 Å². The molecule has 1 aliphatic rings. The van der Waals surface area contributed by atoms with Crippen molar-refractivity contribution in [2.75, 3.05) is 19.1 Å². The third-order valence-corrected chi connectivity index (χ3v) is 4.95. The van der Waals surface area contributed by atoms with Crippen LogP contribution in [0.5, 0.6) is 5.75 Å². The van der Waals surface area contributed by atoms with Gasteiger partial charge < -0.3 is 4.74 Å². The van der Waals surface area contributed by atoms with Gasteiger partial charge in [-0.15, -0.1) is 10.2 Å². The molecule has 1 fully saturated rings. The number of hydrazine groups is 1. The topological polar surface area (TPSA) is 130 Å². The van der Waals surface area contributed by atoms with E-state index >= 15 is 0 Å². The Hall–Kier alpha value is -3.01. The number of nitrogens with zero attached hydrogens (tertiary/aromatic N) is 4. The van der Waals surface area contributed by atoms with E-state index < -0.39 is 5.92 Å². The van der Waals surface area contributed by atoms with Gasteiger partial charge in [0.1, 0.15) is 11.3 Å². The standard InChI is InChI=1S/C18H24N6O4/c1-28-14-6-7-15-16(9-14)20-22-18(19-15)23-21-17(26)13(10-24(27)11-25)8-12-4-2-3-5-12/h6-7,9,11-13,27H,2-5,8,10H2,1H3,(H,21,26)(H,19,22,23)/t13-/m0/s1. The summed E-state index contributed by atoms with van der Waals surface area (Å²) >= 11 is 0. The van der Waals surface area contributed by atoms with Gasteiger partial charge in [0.15, 0.2) is 0 Å².